The van der Waals surface area contributed by atoms with Gasteiger partial charge in [-0.05, 0) is 43.9 Å². The van der Waals surface area contributed by atoms with Gasteiger partial charge in [-0.2, -0.15) is 0 Å². The zero-order valence-corrected chi connectivity index (χ0v) is 16.9. The molecule has 1 amide bonds. The highest BCUT2D eigenvalue weighted by atomic mass is 16.1. The van der Waals surface area contributed by atoms with Gasteiger partial charge in [-0.15, -0.1) is 0 Å². The van der Waals surface area contributed by atoms with Crippen LogP contribution >= 0.6 is 0 Å². The molecule has 0 aliphatic rings. The smallest absolute Gasteiger partial charge is 0.251 e. The lowest BCUT2D eigenvalue weighted by Crippen LogP contribution is -2.38. The Kier molecular flexibility index (Phi) is 8.94. The number of pyridine rings is 1. The lowest BCUT2D eigenvalue weighted by molar-refractivity contribution is 0.0951. The Labute approximate surface area is 167 Å². The molecule has 28 heavy (non-hydrogen) atoms. The van der Waals surface area contributed by atoms with E-state index in [4.69, 9.17) is 0 Å². The monoisotopic (exact) mass is 382 g/mol. The number of amides is 1. The van der Waals surface area contributed by atoms with E-state index in [1.54, 1.807) is 13.2 Å². The third-order valence-electron chi connectivity index (χ3n) is 4.12. The standard InChI is InChI=1S/C21H30N6O/c1-22-21(25-12-10-19-9-4-5-11-23-19)26-16-17-7-6-8-18(15-17)20(28)24-13-14-27(2)3/h4-9,11,15H,10,12-14,16H2,1-3H3,(H,24,28)(H2,22,25,26). The van der Waals surface area contributed by atoms with E-state index < -0.39 is 0 Å². The van der Waals surface area contributed by atoms with Gasteiger partial charge in [0.1, 0.15) is 0 Å². The minimum Gasteiger partial charge on any atom is -0.356 e. The zero-order valence-electron chi connectivity index (χ0n) is 16.9. The minimum atomic E-state index is -0.0541. The SMILES string of the molecule is CN=C(NCCc1ccccn1)NCc1cccc(C(=O)NCCN(C)C)c1. The molecular weight excluding hydrogens is 352 g/mol. The molecule has 0 radical (unpaired) electrons. The zero-order chi connectivity index (χ0) is 20.2. The van der Waals surface area contributed by atoms with Crippen molar-refractivity contribution in [3.8, 4) is 0 Å². The third-order valence-corrected chi connectivity index (χ3v) is 4.12. The summed E-state index contributed by atoms with van der Waals surface area (Å²) in [5.74, 6) is 0.665. The fraction of sp³-hybridized carbons (Fsp3) is 0.381. The van der Waals surface area contributed by atoms with Gasteiger partial charge in [-0.3, -0.25) is 14.8 Å². The summed E-state index contributed by atoms with van der Waals surface area (Å²) in [6, 6.07) is 13.5. The van der Waals surface area contributed by atoms with Gasteiger partial charge in [0.25, 0.3) is 5.91 Å². The van der Waals surface area contributed by atoms with E-state index in [0.29, 0.717) is 18.7 Å². The van der Waals surface area contributed by atoms with E-state index in [1.807, 2.05) is 61.5 Å². The Morgan fingerprint density at radius 2 is 1.93 bits per heavy atom. The molecule has 0 atom stereocenters. The van der Waals surface area contributed by atoms with Crippen LogP contribution < -0.4 is 16.0 Å². The third kappa shape index (κ3) is 7.75. The van der Waals surface area contributed by atoms with Crippen molar-refractivity contribution >= 4 is 11.9 Å². The highest BCUT2D eigenvalue weighted by molar-refractivity contribution is 5.94. The maximum Gasteiger partial charge on any atom is 0.251 e. The van der Waals surface area contributed by atoms with Crippen molar-refractivity contribution in [2.45, 2.75) is 13.0 Å². The van der Waals surface area contributed by atoms with E-state index in [-0.39, 0.29) is 5.91 Å². The van der Waals surface area contributed by atoms with Crippen molar-refractivity contribution in [3.05, 3.63) is 65.5 Å². The molecule has 0 fully saturated rings. The molecule has 0 unspecified atom stereocenters. The van der Waals surface area contributed by atoms with E-state index in [1.165, 1.54) is 0 Å². The predicted octanol–water partition coefficient (Wildman–Crippen LogP) is 1.28. The molecule has 1 aromatic heterocycles. The number of hydrogen-bond donors (Lipinski definition) is 3. The summed E-state index contributed by atoms with van der Waals surface area (Å²) in [5.41, 5.74) is 2.72. The Bertz CT molecular complexity index is 761. The van der Waals surface area contributed by atoms with Crippen LogP contribution in [0.4, 0.5) is 0 Å². The first-order valence-corrected chi connectivity index (χ1v) is 9.45. The van der Waals surface area contributed by atoms with Crippen LogP contribution in [-0.4, -0.2) is 62.5 Å². The van der Waals surface area contributed by atoms with Gasteiger partial charge in [0.2, 0.25) is 0 Å². The number of hydrogen-bond acceptors (Lipinski definition) is 4. The first kappa shape index (κ1) is 21.4. The van der Waals surface area contributed by atoms with E-state index >= 15 is 0 Å². The lowest BCUT2D eigenvalue weighted by atomic mass is 10.1. The molecule has 0 saturated heterocycles. The van der Waals surface area contributed by atoms with Crippen molar-refractivity contribution in [1.82, 2.24) is 25.8 Å². The summed E-state index contributed by atoms with van der Waals surface area (Å²) in [4.78, 5) is 22.8. The predicted molar refractivity (Wildman–Crippen MR) is 113 cm³/mol. The second-order valence-corrected chi connectivity index (χ2v) is 6.68. The fourth-order valence-electron chi connectivity index (χ4n) is 2.58. The summed E-state index contributed by atoms with van der Waals surface area (Å²) in [6.45, 7) is 2.77. The molecule has 0 saturated carbocycles. The summed E-state index contributed by atoms with van der Waals surface area (Å²) in [7, 11) is 5.70. The molecule has 0 aliphatic carbocycles. The number of nitrogens with zero attached hydrogens (tertiary/aromatic N) is 3. The Hall–Kier alpha value is -2.93. The van der Waals surface area contributed by atoms with Crippen molar-refractivity contribution in [2.24, 2.45) is 4.99 Å². The van der Waals surface area contributed by atoms with Gasteiger partial charge in [-0.1, -0.05) is 18.2 Å². The van der Waals surface area contributed by atoms with Crippen LogP contribution in [0.25, 0.3) is 0 Å². The van der Waals surface area contributed by atoms with Gasteiger partial charge >= 0.3 is 0 Å². The molecule has 1 heterocycles. The molecule has 0 bridgehead atoms. The molecule has 0 spiro atoms. The Balaban J connectivity index is 1.79. The Morgan fingerprint density at radius 1 is 1.07 bits per heavy atom. The van der Waals surface area contributed by atoms with Crippen LogP contribution in [0.2, 0.25) is 0 Å². The number of benzene rings is 1. The van der Waals surface area contributed by atoms with Gasteiger partial charge in [0.05, 0.1) is 0 Å². The van der Waals surface area contributed by atoms with Gasteiger partial charge in [0.15, 0.2) is 5.96 Å². The number of aromatic nitrogens is 1. The number of nitrogens with one attached hydrogen (secondary N) is 3. The van der Waals surface area contributed by atoms with Crippen molar-refractivity contribution in [1.29, 1.82) is 0 Å². The largest absolute Gasteiger partial charge is 0.356 e. The van der Waals surface area contributed by atoms with Crippen molar-refractivity contribution in [2.75, 3.05) is 40.8 Å². The van der Waals surface area contributed by atoms with Crippen molar-refractivity contribution in [3.63, 3.8) is 0 Å². The van der Waals surface area contributed by atoms with Crippen LogP contribution in [0.3, 0.4) is 0 Å². The van der Waals surface area contributed by atoms with E-state index in [9.17, 15) is 4.79 Å². The number of carbonyl (C=O) groups is 1. The number of guanidine groups is 1. The summed E-state index contributed by atoms with van der Waals surface area (Å²) < 4.78 is 0. The Morgan fingerprint density at radius 3 is 2.64 bits per heavy atom. The summed E-state index contributed by atoms with van der Waals surface area (Å²) in [5, 5.41) is 9.49. The topological polar surface area (TPSA) is 81.6 Å². The van der Waals surface area contributed by atoms with Gasteiger partial charge < -0.3 is 20.9 Å². The quantitative estimate of drug-likeness (QED) is 0.450. The first-order chi connectivity index (χ1) is 13.6. The summed E-state index contributed by atoms with van der Waals surface area (Å²) in [6.07, 6.45) is 2.62. The van der Waals surface area contributed by atoms with Crippen LogP contribution in [-0.2, 0) is 13.0 Å². The fourth-order valence-corrected chi connectivity index (χ4v) is 2.58. The number of rotatable bonds is 9. The minimum absolute atomic E-state index is 0.0541. The molecule has 2 aromatic rings. The van der Waals surface area contributed by atoms with Crippen molar-refractivity contribution < 1.29 is 4.79 Å². The van der Waals surface area contributed by atoms with Crippen LogP contribution in [0.1, 0.15) is 21.6 Å². The van der Waals surface area contributed by atoms with E-state index in [0.717, 1.165) is 36.7 Å². The molecular formula is C21H30N6O. The number of likely N-dealkylation sites (N-methyl/N-ethyl adjacent to an activating group) is 1. The maximum absolute atomic E-state index is 12.3. The van der Waals surface area contributed by atoms with Crippen LogP contribution in [0, 0.1) is 0 Å². The molecule has 1 aromatic carbocycles. The number of carbonyl (C=O) groups excluding carboxylic acids is 1. The van der Waals surface area contributed by atoms with Gasteiger partial charge in [-0.25, -0.2) is 0 Å². The second kappa shape index (κ2) is 11.7. The van der Waals surface area contributed by atoms with E-state index in [2.05, 4.69) is 25.9 Å². The molecule has 3 N–H and O–H groups in total. The number of aliphatic imine (C=N–C) groups is 1. The molecule has 7 nitrogen and oxygen atoms in total. The molecule has 2 rings (SSSR count). The normalized spacial score (nSPS) is 11.4. The average molecular weight is 383 g/mol. The molecule has 7 heteroatoms. The lowest BCUT2D eigenvalue weighted by Gasteiger charge is -2.13. The molecule has 0 aliphatic heterocycles. The first-order valence-electron chi connectivity index (χ1n) is 9.45. The second-order valence-electron chi connectivity index (χ2n) is 6.68. The highest BCUT2D eigenvalue weighted by Crippen LogP contribution is 2.05. The highest BCUT2D eigenvalue weighted by Gasteiger charge is 2.06. The maximum atomic E-state index is 12.3. The van der Waals surface area contributed by atoms with Gasteiger partial charge in [0, 0.05) is 57.1 Å². The average Bonchev–Trinajstić information content (AvgIpc) is 2.71. The molecule has 150 valence electrons. The summed E-state index contributed by atoms with van der Waals surface area (Å²) >= 11 is 0. The van der Waals surface area contributed by atoms with Crippen LogP contribution in [0.15, 0.2) is 53.7 Å². The van der Waals surface area contributed by atoms with Crippen LogP contribution in [0.5, 0.6) is 0 Å².